The van der Waals surface area contributed by atoms with Gasteiger partial charge in [-0.3, -0.25) is 10.4 Å². The summed E-state index contributed by atoms with van der Waals surface area (Å²) in [5.41, 5.74) is 5.12. The van der Waals surface area contributed by atoms with Gasteiger partial charge in [0.1, 0.15) is 5.82 Å². The number of hydrogen-bond acceptors (Lipinski definition) is 8. The van der Waals surface area contributed by atoms with E-state index in [9.17, 15) is 0 Å². The number of nitrogens with zero attached hydrogens (tertiary/aromatic N) is 5. The van der Waals surface area contributed by atoms with Gasteiger partial charge in [-0.2, -0.15) is 15.1 Å². The van der Waals surface area contributed by atoms with Gasteiger partial charge < -0.3 is 14.6 Å². The van der Waals surface area contributed by atoms with Gasteiger partial charge in [-0.05, 0) is 12.5 Å². The van der Waals surface area contributed by atoms with Crippen molar-refractivity contribution in [2.45, 2.75) is 19.8 Å². The summed E-state index contributed by atoms with van der Waals surface area (Å²) in [4.78, 5) is 14.7. The molecule has 4 rings (SSSR count). The molecule has 4 N–H and O–H groups in total. The quantitative estimate of drug-likeness (QED) is 0.299. The third kappa shape index (κ3) is 4.69. The molecule has 1 aliphatic heterocycles. The average Bonchev–Trinajstić information content (AvgIpc) is 3.21. The van der Waals surface area contributed by atoms with Crippen molar-refractivity contribution in [3.63, 3.8) is 0 Å². The minimum absolute atomic E-state index is 0.484. The fourth-order valence-electron chi connectivity index (χ4n) is 3.36. The molecule has 1 aliphatic rings. The Balaban J connectivity index is 1.55. The van der Waals surface area contributed by atoms with Crippen LogP contribution in [0.25, 0.3) is 10.9 Å². The number of anilines is 3. The van der Waals surface area contributed by atoms with E-state index in [0.29, 0.717) is 31.5 Å². The van der Waals surface area contributed by atoms with E-state index < -0.39 is 0 Å². The highest BCUT2D eigenvalue weighted by atomic mass is 16.5. The monoisotopic (exact) mass is 408 g/mol. The summed E-state index contributed by atoms with van der Waals surface area (Å²) in [6.07, 6.45) is 5.75. The number of aromatic amines is 1. The van der Waals surface area contributed by atoms with Gasteiger partial charge in [-0.1, -0.05) is 31.5 Å². The Kier molecular flexibility index (Phi) is 6.41. The summed E-state index contributed by atoms with van der Waals surface area (Å²) in [6.45, 7) is 5.76. The van der Waals surface area contributed by atoms with Crippen LogP contribution in [0.2, 0.25) is 0 Å². The normalized spacial score (nSPS) is 14.5. The molecule has 1 aromatic carbocycles. The second-order valence-corrected chi connectivity index (χ2v) is 7.22. The number of rotatable bonds is 8. The highest BCUT2D eigenvalue weighted by Gasteiger charge is 2.16. The Morgan fingerprint density at radius 3 is 2.97 bits per heavy atom. The van der Waals surface area contributed by atoms with Crippen molar-refractivity contribution in [1.29, 1.82) is 0 Å². The van der Waals surface area contributed by atoms with E-state index in [-0.39, 0.29) is 0 Å². The number of hydrazone groups is 1. The molecule has 0 unspecified atom stereocenters. The molecule has 0 radical (unpaired) electrons. The maximum atomic E-state index is 6.21. The molecule has 0 saturated carbocycles. The number of benzene rings is 1. The highest BCUT2D eigenvalue weighted by Crippen LogP contribution is 2.21. The Labute approximate surface area is 175 Å². The van der Waals surface area contributed by atoms with Gasteiger partial charge in [-0.15, -0.1) is 0 Å². The number of hydrogen-bond donors (Lipinski definition) is 3. The van der Waals surface area contributed by atoms with Crippen LogP contribution in [0.15, 0.2) is 41.6 Å². The van der Waals surface area contributed by atoms with Crippen molar-refractivity contribution in [2.75, 3.05) is 48.2 Å². The zero-order valence-electron chi connectivity index (χ0n) is 17.2. The number of para-hydroxylation sites is 1. The number of unbranched alkanes of at least 4 members (excludes halogenated alkanes) is 1. The van der Waals surface area contributed by atoms with Crippen LogP contribution in [0.3, 0.4) is 0 Å². The summed E-state index contributed by atoms with van der Waals surface area (Å²) in [6, 6.07) is 10.0. The van der Waals surface area contributed by atoms with Crippen molar-refractivity contribution >= 4 is 34.7 Å². The molecule has 0 atom stereocenters. The second-order valence-electron chi connectivity index (χ2n) is 7.22. The molecule has 2 aromatic heterocycles. The summed E-state index contributed by atoms with van der Waals surface area (Å²) in [5.74, 6) is 8.12. The third-order valence-electron chi connectivity index (χ3n) is 5.05. The molecule has 158 valence electrons. The molecule has 3 heterocycles. The van der Waals surface area contributed by atoms with Crippen LogP contribution in [0, 0.1) is 0 Å². The maximum Gasteiger partial charge on any atom is 0.243 e. The van der Waals surface area contributed by atoms with Gasteiger partial charge in [-0.25, -0.2) is 5.84 Å². The van der Waals surface area contributed by atoms with E-state index in [2.05, 4.69) is 43.4 Å². The number of aromatic nitrogens is 3. The predicted molar refractivity (Wildman–Crippen MR) is 121 cm³/mol. The van der Waals surface area contributed by atoms with Crippen LogP contribution in [-0.4, -0.2) is 54.0 Å². The molecule has 1 saturated heterocycles. The number of nitrogens with one attached hydrogen (secondary N) is 2. The Morgan fingerprint density at radius 2 is 2.13 bits per heavy atom. The minimum atomic E-state index is 0.484. The van der Waals surface area contributed by atoms with Crippen LogP contribution in [0.1, 0.15) is 25.3 Å². The summed E-state index contributed by atoms with van der Waals surface area (Å²) in [5, 5.41) is 7.11. The number of hydrazine groups is 1. The lowest BCUT2D eigenvalue weighted by atomic mass is 10.2. The molecular formula is C21H28N8O. The molecule has 0 bridgehead atoms. The van der Waals surface area contributed by atoms with Crippen LogP contribution in [0.5, 0.6) is 0 Å². The average molecular weight is 409 g/mol. The molecule has 30 heavy (non-hydrogen) atoms. The number of H-pyrrole nitrogens is 1. The minimum Gasteiger partial charge on any atom is -0.378 e. The van der Waals surface area contributed by atoms with Crippen molar-refractivity contribution in [3.05, 3.63) is 42.1 Å². The van der Waals surface area contributed by atoms with Crippen LogP contribution in [0.4, 0.5) is 17.6 Å². The van der Waals surface area contributed by atoms with Crippen molar-refractivity contribution in [1.82, 2.24) is 15.0 Å². The van der Waals surface area contributed by atoms with Gasteiger partial charge in [0.05, 0.1) is 19.4 Å². The second kappa shape index (κ2) is 9.55. The Morgan fingerprint density at radius 1 is 1.30 bits per heavy atom. The molecular weight excluding hydrogens is 380 g/mol. The van der Waals surface area contributed by atoms with E-state index in [1.807, 2.05) is 30.5 Å². The summed E-state index contributed by atoms with van der Waals surface area (Å²) in [7, 11) is 0. The molecule has 0 spiro atoms. The number of fused-ring (bicyclic) bond motifs is 1. The van der Waals surface area contributed by atoms with Gasteiger partial charge in [0, 0.05) is 48.4 Å². The number of nitrogens with two attached hydrogens (primary N) is 1. The topological polar surface area (TPSA) is 108 Å². The summed E-state index contributed by atoms with van der Waals surface area (Å²) < 4.78 is 5.46. The first-order valence-electron chi connectivity index (χ1n) is 10.3. The maximum absolute atomic E-state index is 6.21. The molecule has 3 aromatic rings. The van der Waals surface area contributed by atoms with Crippen molar-refractivity contribution < 1.29 is 4.74 Å². The lowest BCUT2D eigenvalue weighted by Crippen LogP contribution is -2.38. The fraction of sp³-hybridized carbons (Fsp3) is 0.381. The van der Waals surface area contributed by atoms with Gasteiger partial charge >= 0.3 is 0 Å². The number of ether oxygens (including phenoxy) is 1. The zero-order valence-corrected chi connectivity index (χ0v) is 17.2. The first-order valence-corrected chi connectivity index (χ1v) is 10.3. The van der Waals surface area contributed by atoms with Crippen molar-refractivity contribution in [2.24, 2.45) is 10.9 Å². The SMILES string of the molecule is CCCCN(N)c1nc(N/N=C\c2c[nH]c3ccccc23)cc(N2CCOCC2)n1. The summed E-state index contributed by atoms with van der Waals surface area (Å²) >= 11 is 0. The van der Waals surface area contributed by atoms with E-state index >= 15 is 0 Å². The van der Waals surface area contributed by atoms with Crippen LogP contribution in [-0.2, 0) is 4.74 Å². The standard InChI is InChI=1S/C21H28N8O/c1-2-3-8-29(22)21-25-19(13-20(26-21)28-9-11-30-12-10-28)27-24-15-16-14-23-18-7-5-4-6-17(16)18/h4-7,13-15,23H,2-3,8-12,22H2,1H3,(H,25,26,27)/b24-15-. The van der Waals surface area contributed by atoms with Crippen molar-refractivity contribution in [3.8, 4) is 0 Å². The first kappa shape index (κ1) is 20.1. The highest BCUT2D eigenvalue weighted by molar-refractivity contribution is 5.99. The van der Waals surface area contributed by atoms with E-state index in [0.717, 1.165) is 48.2 Å². The lowest BCUT2D eigenvalue weighted by molar-refractivity contribution is 0.122. The van der Waals surface area contributed by atoms with Gasteiger partial charge in [0.15, 0.2) is 5.82 Å². The predicted octanol–water partition coefficient (Wildman–Crippen LogP) is 2.72. The molecule has 0 aliphatic carbocycles. The smallest absolute Gasteiger partial charge is 0.243 e. The molecule has 0 amide bonds. The molecule has 9 heteroatoms. The van der Waals surface area contributed by atoms with E-state index in [4.69, 9.17) is 10.6 Å². The Bertz CT molecular complexity index is 996. The third-order valence-corrected chi connectivity index (χ3v) is 5.05. The van der Waals surface area contributed by atoms with Gasteiger partial charge in [0.25, 0.3) is 0 Å². The molecule has 9 nitrogen and oxygen atoms in total. The largest absolute Gasteiger partial charge is 0.378 e. The Hall–Kier alpha value is -3.17. The molecule has 1 fully saturated rings. The van der Waals surface area contributed by atoms with Crippen LogP contribution >= 0.6 is 0 Å². The lowest BCUT2D eigenvalue weighted by Gasteiger charge is -2.29. The number of morpholine rings is 1. The van der Waals surface area contributed by atoms with E-state index in [1.54, 1.807) is 11.2 Å². The fourth-order valence-corrected chi connectivity index (χ4v) is 3.36. The zero-order chi connectivity index (χ0) is 20.8. The first-order chi connectivity index (χ1) is 14.7. The van der Waals surface area contributed by atoms with Gasteiger partial charge in [0.2, 0.25) is 5.95 Å². The van der Waals surface area contributed by atoms with Crippen LogP contribution < -0.4 is 21.2 Å². The van der Waals surface area contributed by atoms with E-state index in [1.165, 1.54) is 0 Å².